The molecule has 1 aliphatic rings. The summed E-state index contributed by atoms with van der Waals surface area (Å²) in [5, 5.41) is 0. The maximum atomic E-state index is 5.53. The molecule has 0 heterocycles. The molecule has 0 bridgehead atoms. The fourth-order valence-electron chi connectivity index (χ4n) is 2.66. The van der Waals surface area contributed by atoms with Crippen LogP contribution in [0.3, 0.4) is 0 Å². The SMILES string of the molecule is COc1cccc(C2CC[CH]CCC2)c1OC. The highest BCUT2D eigenvalue weighted by atomic mass is 16.5. The van der Waals surface area contributed by atoms with Crippen LogP contribution in [0.4, 0.5) is 0 Å². The Bertz CT molecular complexity index is 352. The Kier molecular flexibility index (Phi) is 4.29. The van der Waals surface area contributed by atoms with Gasteiger partial charge in [0.15, 0.2) is 11.5 Å². The molecule has 2 nitrogen and oxygen atoms in total. The number of hydrogen-bond donors (Lipinski definition) is 0. The fraction of sp³-hybridized carbons (Fsp3) is 0.533. The molecule has 1 aromatic carbocycles. The van der Waals surface area contributed by atoms with Crippen LogP contribution in [0.1, 0.15) is 43.6 Å². The molecule has 1 aromatic rings. The third-order valence-corrected chi connectivity index (χ3v) is 3.55. The molecule has 0 N–H and O–H groups in total. The summed E-state index contributed by atoms with van der Waals surface area (Å²) in [6.07, 6.45) is 8.63. The second kappa shape index (κ2) is 5.95. The third kappa shape index (κ3) is 2.74. The van der Waals surface area contributed by atoms with Gasteiger partial charge in [0, 0.05) is 5.56 Å². The van der Waals surface area contributed by atoms with Crippen molar-refractivity contribution in [2.24, 2.45) is 0 Å². The minimum atomic E-state index is 0.610. The number of hydrogen-bond acceptors (Lipinski definition) is 2. The van der Waals surface area contributed by atoms with Crippen molar-refractivity contribution in [3.63, 3.8) is 0 Å². The van der Waals surface area contributed by atoms with Gasteiger partial charge in [-0.2, -0.15) is 0 Å². The Labute approximate surface area is 104 Å². The van der Waals surface area contributed by atoms with E-state index >= 15 is 0 Å². The molecular weight excluding hydrogens is 212 g/mol. The number of rotatable bonds is 3. The molecule has 2 rings (SSSR count). The molecule has 1 radical (unpaired) electrons. The molecule has 0 spiro atoms. The monoisotopic (exact) mass is 233 g/mol. The van der Waals surface area contributed by atoms with Crippen LogP contribution in [-0.2, 0) is 0 Å². The summed E-state index contributed by atoms with van der Waals surface area (Å²) in [5.41, 5.74) is 1.31. The Morgan fingerprint density at radius 1 is 1.06 bits per heavy atom. The van der Waals surface area contributed by atoms with E-state index < -0.39 is 0 Å². The van der Waals surface area contributed by atoms with E-state index in [0.717, 1.165) is 11.5 Å². The number of para-hydroxylation sites is 1. The van der Waals surface area contributed by atoms with Crippen molar-refractivity contribution in [2.75, 3.05) is 14.2 Å². The number of methoxy groups -OCH3 is 2. The van der Waals surface area contributed by atoms with E-state index in [1.807, 2.05) is 6.07 Å². The van der Waals surface area contributed by atoms with Crippen molar-refractivity contribution in [3.8, 4) is 11.5 Å². The average Bonchev–Trinajstić information content (AvgIpc) is 2.66. The van der Waals surface area contributed by atoms with Gasteiger partial charge in [0.1, 0.15) is 0 Å². The van der Waals surface area contributed by atoms with Crippen LogP contribution in [0, 0.1) is 6.42 Å². The average molecular weight is 233 g/mol. The summed E-state index contributed by atoms with van der Waals surface area (Å²) in [6, 6.07) is 6.20. The van der Waals surface area contributed by atoms with Crippen LogP contribution in [0.15, 0.2) is 18.2 Å². The first-order valence-electron chi connectivity index (χ1n) is 6.39. The van der Waals surface area contributed by atoms with E-state index in [-0.39, 0.29) is 0 Å². The van der Waals surface area contributed by atoms with Crippen LogP contribution in [0.5, 0.6) is 11.5 Å². The molecule has 1 unspecified atom stereocenters. The van der Waals surface area contributed by atoms with Crippen molar-refractivity contribution in [1.82, 2.24) is 0 Å². The lowest BCUT2D eigenvalue weighted by atomic mass is 9.91. The first-order valence-corrected chi connectivity index (χ1v) is 6.39. The van der Waals surface area contributed by atoms with Gasteiger partial charge in [0.2, 0.25) is 0 Å². The summed E-state index contributed by atoms with van der Waals surface area (Å²) < 4.78 is 10.9. The van der Waals surface area contributed by atoms with Crippen LogP contribution in [-0.4, -0.2) is 14.2 Å². The predicted octanol–water partition coefficient (Wildman–Crippen LogP) is 3.96. The van der Waals surface area contributed by atoms with Crippen LogP contribution in [0.2, 0.25) is 0 Å². The Morgan fingerprint density at radius 3 is 2.71 bits per heavy atom. The predicted molar refractivity (Wildman–Crippen MR) is 69.7 cm³/mol. The normalized spacial score (nSPS) is 17.5. The highest BCUT2D eigenvalue weighted by Gasteiger charge is 2.20. The van der Waals surface area contributed by atoms with Crippen LogP contribution in [0.25, 0.3) is 0 Å². The summed E-state index contributed by atoms with van der Waals surface area (Å²) in [7, 11) is 3.42. The summed E-state index contributed by atoms with van der Waals surface area (Å²) in [6.45, 7) is 0. The molecule has 1 fully saturated rings. The van der Waals surface area contributed by atoms with Crippen molar-refractivity contribution in [2.45, 2.75) is 38.0 Å². The molecule has 1 aliphatic carbocycles. The van der Waals surface area contributed by atoms with E-state index in [9.17, 15) is 0 Å². The Morgan fingerprint density at radius 2 is 1.94 bits per heavy atom. The zero-order valence-corrected chi connectivity index (χ0v) is 10.7. The van der Waals surface area contributed by atoms with Crippen molar-refractivity contribution in [3.05, 3.63) is 30.2 Å². The van der Waals surface area contributed by atoms with Gasteiger partial charge in [-0.3, -0.25) is 0 Å². The highest BCUT2D eigenvalue weighted by Crippen LogP contribution is 2.40. The van der Waals surface area contributed by atoms with Gasteiger partial charge in [-0.15, -0.1) is 0 Å². The standard InChI is InChI=1S/C15H21O2/c1-16-14-11-7-10-13(15(14)17-2)12-8-5-3-4-6-9-12/h3,7,10-12H,4-6,8-9H2,1-2H3. The number of ether oxygens (including phenoxy) is 2. The van der Waals surface area contributed by atoms with E-state index in [0.29, 0.717) is 5.92 Å². The van der Waals surface area contributed by atoms with Crippen molar-refractivity contribution < 1.29 is 9.47 Å². The molecule has 1 saturated carbocycles. The van der Waals surface area contributed by atoms with E-state index in [1.54, 1.807) is 14.2 Å². The zero-order chi connectivity index (χ0) is 12.1. The lowest BCUT2D eigenvalue weighted by molar-refractivity contribution is 0.348. The van der Waals surface area contributed by atoms with Gasteiger partial charge in [-0.05, 0) is 37.7 Å². The molecule has 17 heavy (non-hydrogen) atoms. The van der Waals surface area contributed by atoms with Gasteiger partial charge in [0.05, 0.1) is 14.2 Å². The van der Waals surface area contributed by atoms with E-state index in [4.69, 9.17) is 9.47 Å². The molecule has 0 saturated heterocycles. The van der Waals surface area contributed by atoms with E-state index in [1.165, 1.54) is 37.7 Å². The van der Waals surface area contributed by atoms with Crippen molar-refractivity contribution in [1.29, 1.82) is 0 Å². The van der Waals surface area contributed by atoms with Gasteiger partial charge in [0.25, 0.3) is 0 Å². The van der Waals surface area contributed by atoms with Gasteiger partial charge in [-0.25, -0.2) is 0 Å². The summed E-state index contributed by atoms with van der Waals surface area (Å²) >= 11 is 0. The zero-order valence-electron chi connectivity index (χ0n) is 10.7. The second-order valence-corrected chi connectivity index (χ2v) is 4.58. The maximum absolute atomic E-state index is 5.53. The Hall–Kier alpha value is -1.18. The Balaban J connectivity index is 2.29. The maximum Gasteiger partial charge on any atom is 0.164 e. The van der Waals surface area contributed by atoms with Crippen molar-refractivity contribution >= 4 is 0 Å². The van der Waals surface area contributed by atoms with E-state index in [2.05, 4.69) is 18.6 Å². The van der Waals surface area contributed by atoms with Crippen LogP contribution >= 0.6 is 0 Å². The second-order valence-electron chi connectivity index (χ2n) is 4.58. The quantitative estimate of drug-likeness (QED) is 0.736. The molecule has 0 amide bonds. The molecule has 0 aromatic heterocycles. The van der Waals surface area contributed by atoms with Crippen LogP contribution < -0.4 is 9.47 Å². The molecular formula is C15H21O2. The molecule has 1 atom stereocenters. The minimum absolute atomic E-state index is 0.610. The van der Waals surface area contributed by atoms with Gasteiger partial charge in [-0.1, -0.05) is 25.0 Å². The third-order valence-electron chi connectivity index (χ3n) is 3.55. The fourth-order valence-corrected chi connectivity index (χ4v) is 2.66. The molecule has 2 heteroatoms. The van der Waals surface area contributed by atoms with Gasteiger partial charge >= 0.3 is 0 Å². The first kappa shape index (κ1) is 12.3. The largest absolute Gasteiger partial charge is 0.493 e. The lowest BCUT2D eigenvalue weighted by Crippen LogP contribution is -2.02. The topological polar surface area (TPSA) is 18.5 Å². The number of benzene rings is 1. The summed E-state index contributed by atoms with van der Waals surface area (Å²) in [5.74, 6) is 2.37. The van der Waals surface area contributed by atoms with Gasteiger partial charge < -0.3 is 9.47 Å². The summed E-state index contributed by atoms with van der Waals surface area (Å²) in [4.78, 5) is 0. The smallest absolute Gasteiger partial charge is 0.164 e. The molecule has 0 aliphatic heterocycles. The first-order chi connectivity index (χ1) is 8.36. The lowest BCUT2D eigenvalue weighted by Gasteiger charge is -2.19. The molecule has 93 valence electrons. The highest BCUT2D eigenvalue weighted by molar-refractivity contribution is 5.48. The minimum Gasteiger partial charge on any atom is -0.493 e.